The van der Waals surface area contributed by atoms with E-state index in [9.17, 15) is 4.79 Å². The minimum absolute atomic E-state index is 0.00536. The quantitative estimate of drug-likeness (QED) is 0.721. The second kappa shape index (κ2) is 4.70. The molecular weight excluding hydrogens is 238 g/mol. The normalized spacial score (nSPS) is 10.3. The first-order chi connectivity index (χ1) is 8.56. The summed E-state index contributed by atoms with van der Waals surface area (Å²) in [5, 5.41) is 15.4. The molecule has 8 nitrogen and oxygen atoms in total. The van der Waals surface area contributed by atoms with Gasteiger partial charge in [-0.1, -0.05) is 5.16 Å². The van der Waals surface area contributed by atoms with E-state index in [4.69, 9.17) is 15.4 Å². The van der Waals surface area contributed by atoms with Gasteiger partial charge in [0.15, 0.2) is 5.82 Å². The highest BCUT2D eigenvalue weighted by atomic mass is 16.5. The molecule has 0 saturated heterocycles. The van der Waals surface area contributed by atoms with Gasteiger partial charge in [0.25, 0.3) is 0 Å². The summed E-state index contributed by atoms with van der Waals surface area (Å²) >= 11 is 0. The molecular formula is C10H11N5O3. The number of carboxylic acids is 1. The van der Waals surface area contributed by atoms with Crippen LogP contribution in [0, 0.1) is 6.92 Å². The van der Waals surface area contributed by atoms with Gasteiger partial charge in [-0.15, -0.1) is 0 Å². The zero-order chi connectivity index (χ0) is 13.1. The Kier molecular flexibility index (Phi) is 3.09. The Morgan fingerprint density at radius 2 is 2.39 bits per heavy atom. The highest BCUT2D eigenvalue weighted by Gasteiger charge is 2.10. The minimum atomic E-state index is -1.11. The van der Waals surface area contributed by atoms with Crippen molar-refractivity contribution in [2.24, 2.45) is 0 Å². The number of hydrogen-bond donors (Lipinski definition) is 3. The molecule has 0 spiro atoms. The third-order valence-electron chi connectivity index (χ3n) is 2.16. The van der Waals surface area contributed by atoms with Crippen LogP contribution in [0.1, 0.15) is 22.1 Å². The molecule has 2 rings (SSSR count). The molecule has 0 radical (unpaired) electrons. The number of rotatable bonds is 4. The van der Waals surface area contributed by atoms with E-state index in [1.54, 1.807) is 6.92 Å². The van der Waals surface area contributed by atoms with Crippen LogP contribution < -0.4 is 11.1 Å². The van der Waals surface area contributed by atoms with Crippen LogP contribution in [0.2, 0.25) is 0 Å². The molecule has 18 heavy (non-hydrogen) atoms. The SMILES string of the molecule is Cc1noc(CNc2cc(C(=O)O)c(N)cn2)n1. The molecule has 0 aliphatic carbocycles. The number of aryl methyl sites for hydroxylation is 1. The van der Waals surface area contributed by atoms with E-state index >= 15 is 0 Å². The number of anilines is 2. The number of aromatic carboxylic acids is 1. The largest absolute Gasteiger partial charge is 0.478 e. The second-order valence-corrected chi connectivity index (χ2v) is 3.55. The Balaban J connectivity index is 2.10. The summed E-state index contributed by atoms with van der Waals surface area (Å²) in [4.78, 5) is 18.8. The molecule has 0 aliphatic heterocycles. The highest BCUT2D eigenvalue weighted by molar-refractivity contribution is 5.94. The lowest BCUT2D eigenvalue weighted by atomic mass is 10.2. The summed E-state index contributed by atoms with van der Waals surface area (Å²) in [6.45, 7) is 1.97. The molecule has 0 unspecified atom stereocenters. The molecule has 0 aliphatic rings. The molecule has 0 aromatic carbocycles. The van der Waals surface area contributed by atoms with Crippen LogP contribution in [-0.4, -0.2) is 26.2 Å². The van der Waals surface area contributed by atoms with E-state index in [0.29, 0.717) is 17.5 Å². The van der Waals surface area contributed by atoms with Crippen LogP contribution in [0.3, 0.4) is 0 Å². The van der Waals surface area contributed by atoms with Crippen molar-refractivity contribution in [3.05, 3.63) is 29.5 Å². The molecule has 2 aromatic rings. The number of carboxylic acid groups (broad SMARTS) is 1. The van der Waals surface area contributed by atoms with E-state index in [1.165, 1.54) is 12.3 Å². The summed E-state index contributed by atoms with van der Waals surface area (Å²) < 4.78 is 4.90. The summed E-state index contributed by atoms with van der Waals surface area (Å²) in [6, 6.07) is 1.35. The molecule has 0 atom stereocenters. The standard InChI is InChI=1S/C10H11N5O3/c1-5-14-9(18-15-5)4-13-8-2-6(10(16)17)7(11)3-12-8/h2-3H,4,11H2,1H3,(H,12,13)(H,16,17). The van der Waals surface area contributed by atoms with Gasteiger partial charge in [-0.2, -0.15) is 4.98 Å². The summed E-state index contributed by atoms with van der Waals surface area (Å²) in [7, 11) is 0. The fourth-order valence-electron chi connectivity index (χ4n) is 1.33. The number of pyridine rings is 1. The van der Waals surface area contributed by atoms with Crippen molar-refractivity contribution in [3.8, 4) is 0 Å². The van der Waals surface area contributed by atoms with Gasteiger partial charge in [0.1, 0.15) is 5.82 Å². The smallest absolute Gasteiger partial charge is 0.337 e. The van der Waals surface area contributed by atoms with Gasteiger partial charge in [0.2, 0.25) is 5.89 Å². The zero-order valence-electron chi connectivity index (χ0n) is 9.54. The first-order valence-corrected chi connectivity index (χ1v) is 5.08. The number of nitrogen functional groups attached to an aromatic ring is 1. The molecule has 0 amide bonds. The third-order valence-corrected chi connectivity index (χ3v) is 2.16. The predicted octanol–water partition coefficient (Wildman–Crippen LogP) is 0.666. The molecule has 0 fully saturated rings. The van der Waals surface area contributed by atoms with Crippen molar-refractivity contribution in [1.82, 2.24) is 15.1 Å². The maximum absolute atomic E-state index is 10.9. The van der Waals surface area contributed by atoms with Crippen LogP contribution in [0.15, 0.2) is 16.8 Å². The van der Waals surface area contributed by atoms with Gasteiger partial charge in [-0.05, 0) is 13.0 Å². The lowest BCUT2D eigenvalue weighted by Gasteiger charge is -2.05. The Hall–Kier alpha value is -2.64. The van der Waals surface area contributed by atoms with Crippen LogP contribution in [0.4, 0.5) is 11.5 Å². The molecule has 2 aromatic heterocycles. The summed E-state index contributed by atoms with van der Waals surface area (Å²) in [5.74, 6) is 0.190. The highest BCUT2D eigenvalue weighted by Crippen LogP contribution is 2.15. The molecule has 8 heteroatoms. The number of carbonyl (C=O) groups is 1. The van der Waals surface area contributed by atoms with Crippen molar-refractivity contribution in [2.45, 2.75) is 13.5 Å². The van der Waals surface area contributed by atoms with E-state index in [0.717, 1.165) is 0 Å². The molecule has 94 valence electrons. The predicted molar refractivity (Wildman–Crippen MR) is 62.0 cm³/mol. The molecule has 0 bridgehead atoms. The first kappa shape index (κ1) is 11.8. The van der Waals surface area contributed by atoms with Crippen LogP contribution in [0.25, 0.3) is 0 Å². The number of nitrogens with one attached hydrogen (secondary N) is 1. The molecule has 4 N–H and O–H groups in total. The fourth-order valence-corrected chi connectivity index (χ4v) is 1.33. The fraction of sp³-hybridized carbons (Fsp3) is 0.200. The minimum Gasteiger partial charge on any atom is -0.478 e. The Morgan fingerprint density at radius 3 is 3.00 bits per heavy atom. The Labute approximate surface area is 102 Å². The second-order valence-electron chi connectivity index (χ2n) is 3.55. The Morgan fingerprint density at radius 1 is 1.61 bits per heavy atom. The lowest BCUT2D eigenvalue weighted by Crippen LogP contribution is -2.07. The Bertz CT molecular complexity index is 581. The number of hydrogen-bond acceptors (Lipinski definition) is 7. The van der Waals surface area contributed by atoms with Crippen LogP contribution in [-0.2, 0) is 6.54 Å². The van der Waals surface area contributed by atoms with Crippen molar-refractivity contribution in [1.29, 1.82) is 0 Å². The lowest BCUT2D eigenvalue weighted by molar-refractivity contribution is 0.0698. The van der Waals surface area contributed by atoms with Crippen LogP contribution in [0.5, 0.6) is 0 Å². The summed E-state index contributed by atoms with van der Waals surface area (Å²) in [5.41, 5.74) is 5.60. The van der Waals surface area contributed by atoms with E-state index in [1.807, 2.05) is 0 Å². The van der Waals surface area contributed by atoms with Crippen LogP contribution >= 0.6 is 0 Å². The van der Waals surface area contributed by atoms with Gasteiger partial charge in [0.05, 0.1) is 24.0 Å². The maximum atomic E-state index is 10.9. The third kappa shape index (κ3) is 2.54. The monoisotopic (exact) mass is 249 g/mol. The average Bonchev–Trinajstić information content (AvgIpc) is 2.74. The van der Waals surface area contributed by atoms with Gasteiger partial charge in [0, 0.05) is 0 Å². The van der Waals surface area contributed by atoms with Crippen molar-refractivity contribution in [3.63, 3.8) is 0 Å². The first-order valence-electron chi connectivity index (χ1n) is 5.08. The number of nitrogens with zero attached hydrogens (tertiary/aromatic N) is 3. The maximum Gasteiger partial charge on any atom is 0.337 e. The van der Waals surface area contributed by atoms with E-state index < -0.39 is 5.97 Å². The topological polar surface area (TPSA) is 127 Å². The van der Waals surface area contributed by atoms with E-state index in [-0.39, 0.29) is 17.8 Å². The van der Waals surface area contributed by atoms with Crippen molar-refractivity contribution >= 4 is 17.5 Å². The summed E-state index contributed by atoms with van der Waals surface area (Å²) in [6.07, 6.45) is 1.28. The van der Waals surface area contributed by atoms with E-state index in [2.05, 4.69) is 20.4 Å². The number of nitrogens with two attached hydrogens (primary N) is 1. The van der Waals surface area contributed by atoms with Gasteiger partial charge >= 0.3 is 5.97 Å². The molecule has 0 saturated carbocycles. The zero-order valence-corrected chi connectivity index (χ0v) is 9.54. The number of aromatic nitrogens is 3. The van der Waals surface area contributed by atoms with Gasteiger partial charge in [-0.3, -0.25) is 0 Å². The van der Waals surface area contributed by atoms with Crippen molar-refractivity contribution in [2.75, 3.05) is 11.1 Å². The van der Waals surface area contributed by atoms with Gasteiger partial charge in [-0.25, -0.2) is 9.78 Å². The van der Waals surface area contributed by atoms with Crippen molar-refractivity contribution < 1.29 is 14.4 Å². The molecule has 2 heterocycles. The average molecular weight is 249 g/mol. The van der Waals surface area contributed by atoms with Gasteiger partial charge < -0.3 is 20.7 Å².